The predicted octanol–water partition coefficient (Wildman–Crippen LogP) is 2.00. The Morgan fingerprint density at radius 1 is 1.17 bits per heavy atom. The fourth-order valence-electron chi connectivity index (χ4n) is 3.48. The summed E-state index contributed by atoms with van der Waals surface area (Å²) < 4.78 is 0. The summed E-state index contributed by atoms with van der Waals surface area (Å²) in [6.07, 6.45) is 8.64. The molecule has 0 radical (unpaired) electrons. The van der Waals surface area contributed by atoms with Gasteiger partial charge in [0.1, 0.15) is 0 Å². The molecule has 0 heterocycles. The molecule has 0 unspecified atom stereocenters. The Bertz CT molecular complexity index is 233. The number of rotatable bonds is 6. The molecule has 0 spiro atoms. The lowest BCUT2D eigenvalue weighted by Gasteiger charge is -2.40. The maximum absolute atomic E-state index is 9.33. The van der Waals surface area contributed by atoms with E-state index in [1.807, 2.05) is 0 Å². The van der Waals surface area contributed by atoms with Crippen LogP contribution in [0.25, 0.3) is 0 Å². The van der Waals surface area contributed by atoms with Gasteiger partial charge in [0.25, 0.3) is 0 Å². The third kappa shape index (κ3) is 3.94. The summed E-state index contributed by atoms with van der Waals surface area (Å²) in [6, 6.07) is 1.54. The van der Waals surface area contributed by atoms with Crippen molar-refractivity contribution in [3.05, 3.63) is 0 Å². The van der Waals surface area contributed by atoms with Crippen LogP contribution in [0.2, 0.25) is 0 Å². The van der Waals surface area contributed by atoms with Gasteiger partial charge in [-0.2, -0.15) is 0 Å². The van der Waals surface area contributed by atoms with Crippen molar-refractivity contribution in [2.45, 2.75) is 70.1 Å². The minimum Gasteiger partial charge on any atom is -0.393 e. The van der Waals surface area contributed by atoms with Crippen molar-refractivity contribution in [2.24, 2.45) is 5.92 Å². The smallest absolute Gasteiger partial charge is 0.0546 e. The first-order valence-electron chi connectivity index (χ1n) is 7.80. The first-order valence-corrected chi connectivity index (χ1v) is 7.80. The van der Waals surface area contributed by atoms with Gasteiger partial charge in [-0.3, -0.25) is 0 Å². The second-order valence-corrected chi connectivity index (χ2v) is 6.39. The molecule has 2 rings (SSSR count). The average Bonchev–Trinajstić information content (AvgIpc) is 2.35. The zero-order chi connectivity index (χ0) is 13.0. The van der Waals surface area contributed by atoms with Gasteiger partial charge in [-0.25, -0.2) is 0 Å². The number of aliphatic hydroxyl groups is 1. The van der Waals surface area contributed by atoms with Gasteiger partial charge in [0, 0.05) is 18.6 Å². The van der Waals surface area contributed by atoms with Gasteiger partial charge in [-0.15, -0.1) is 0 Å². The highest BCUT2D eigenvalue weighted by atomic mass is 16.3. The molecule has 0 amide bonds. The summed E-state index contributed by atoms with van der Waals surface area (Å²) >= 11 is 0. The van der Waals surface area contributed by atoms with E-state index in [2.05, 4.69) is 24.2 Å². The molecule has 18 heavy (non-hydrogen) atoms. The molecular formula is C15H30N2O. The van der Waals surface area contributed by atoms with E-state index >= 15 is 0 Å². The van der Waals surface area contributed by atoms with E-state index in [1.165, 1.54) is 45.2 Å². The highest BCUT2D eigenvalue weighted by Gasteiger charge is 2.30. The highest BCUT2D eigenvalue weighted by Crippen LogP contribution is 2.30. The highest BCUT2D eigenvalue weighted by molar-refractivity contribution is 4.85. The monoisotopic (exact) mass is 254 g/mol. The van der Waals surface area contributed by atoms with Crippen LogP contribution >= 0.6 is 0 Å². The van der Waals surface area contributed by atoms with Crippen molar-refractivity contribution >= 4 is 0 Å². The third-order valence-corrected chi connectivity index (χ3v) is 4.76. The van der Waals surface area contributed by atoms with Crippen LogP contribution in [0.1, 0.15) is 51.9 Å². The molecule has 106 valence electrons. The lowest BCUT2D eigenvalue weighted by molar-refractivity contribution is 0.0182. The van der Waals surface area contributed by atoms with E-state index in [0.717, 1.165) is 30.8 Å². The van der Waals surface area contributed by atoms with Gasteiger partial charge in [-0.1, -0.05) is 6.92 Å². The van der Waals surface area contributed by atoms with Gasteiger partial charge in [0.15, 0.2) is 0 Å². The van der Waals surface area contributed by atoms with Crippen molar-refractivity contribution in [1.29, 1.82) is 0 Å². The van der Waals surface area contributed by atoms with E-state index in [0.29, 0.717) is 0 Å². The molecule has 3 nitrogen and oxygen atoms in total. The van der Waals surface area contributed by atoms with Crippen molar-refractivity contribution < 1.29 is 5.11 Å². The van der Waals surface area contributed by atoms with Gasteiger partial charge < -0.3 is 15.3 Å². The quantitative estimate of drug-likeness (QED) is 0.761. The van der Waals surface area contributed by atoms with Crippen molar-refractivity contribution in [1.82, 2.24) is 10.2 Å². The van der Waals surface area contributed by atoms with Gasteiger partial charge in [-0.05, 0) is 64.5 Å². The Morgan fingerprint density at radius 2 is 1.83 bits per heavy atom. The Balaban J connectivity index is 1.62. The maximum Gasteiger partial charge on any atom is 0.0546 e. The summed E-state index contributed by atoms with van der Waals surface area (Å²) in [5, 5.41) is 13.0. The fraction of sp³-hybridized carbons (Fsp3) is 1.00. The Morgan fingerprint density at radius 3 is 2.39 bits per heavy atom. The zero-order valence-corrected chi connectivity index (χ0v) is 12.1. The number of nitrogens with one attached hydrogen (secondary N) is 1. The SMILES string of the molecule is CCCNC1CCC(N(C)CC2CC(O)C2)CC1. The summed E-state index contributed by atoms with van der Waals surface area (Å²) in [4.78, 5) is 2.55. The Kier molecular flexibility index (Phi) is 5.46. The maximum atomic E-state index is 9.33. The minimum atomic E-state index is -0.00243. The van der Waals surface area contributed by atoms with Crippen molar-refractivity contribution in [2.75, 3.05) is 20.1 Å². The summed E-state index contributed by atoms with van der Waals surface area (Å²) in [6.45, 7) is 4.60. The number of aliphatic hydroxyl groups excluding tert-OH is 1. The molecule has 2 aliphatic carbocycles. The molecule has 0 bridgehead atoms. The largest absolute Gasteiger partial charge is 0.393 e. The van der Waals surface area contributed by atoms with Crippen LogP contribution in [-0.4, -0.2) is 48.3 Å². The predicted molar refractivity (Wildman–Crippen MR) is 75.7 cm³/mol. The van der Waals surface area contributed by atoms with Gasteiger partial charge in [0.2, 0.25) is 0 Å². The second kappa shape index (κ2) is 6.88. The molecule has 3 heteroatoms. The molecule has 2 aliphatic rings. The van der Waals surface area contributed by atoms with Crippen LogP contribution in [0.5, 0.6) is 0 Å². The molecular weight excluding hydrogens is 224 g/mol. The molecule has 0 aromatic heterocycles. The second-order valence-electron chi connectivity index (χ2n) is 6.39. The van der Waals surface area contributed by atoms with Crippen LogP contribution in [0.15, 0.2) is 0 Å². The summed E-state index contributed by atoms with van der Waals surface area (Å²) in [7, 11) is 2.27. The first kappa shape index (κ1) is 14.3. The normalized spacial score (nSPS) is 36.7. The van der Waals surface area contributed by atoms with E-state index in [1.54, 1.807) is 0 Å². The first-order chi connectivity index (χ1) is 8.69. The van der Waals surface area contributed by atoms with E-state index in [9.17, 15) is 5.11 Å². The van der Waals surface area contributed by atoms with Crippen molar-refractivity contribution in [3.8, 4) is 0 Å². The van der Waals surface area contributed by atoms with E-state index in [4.69, 9.17) is 0 Å². The third-order valence-electron chi connectivity index (χ3n) is 4.76. The topological polar surface area (TPSA) is 35.5 Å². The van der Waals surface area contributed by atoms with E-state index in [-0.39, 0.29) is 6.10 Å². The van der Waals surface area contributed by atoms with Crippen LogP contribution in [0.3, 0.4) is 0 Å². The molecule has 0 aliphatic heterocycles. The molecule has 2 N–H and O–H groups in total. The lowest BCUT2D eigenvalue weighted by Crippen LogP contribution is -2.45. The minimum absolute atomic E-state index is 0.00243. The van der Waals surface area contributed by atoms with Crippen LogP contribution in [-0.2, 0) is 0 Å². The van der Waals surface area contributed by atoms with Gasteiger partial charge in [0.05, 0.1) is 6.10 Å². The Hall–Kier alpha value is -0.120. The van der Waals surface area contributed by atoms with Gasteiger partial charge >= 0.3 is 0 Å². The van der Waals surface area contributed by atoms with Crippen LogP contribution in [0, 0.1) is 5.92 Å². The summed E-state index contributed by atoms with van der Waals surface area (Å²) in [5.41, 5.74) is 0. The Labute approximate surface area is 112 Å². The fourth-order valence-corrected chi connectivity index (χ4v) is 3.48. The van der Waals surface area contributed by atoms with Crippen LogP contribution < -0.4 is 5.32 Å². The molecule has 2 fully saturated rings. The van der Waals surface area contributed by atoms with Crippen LogP contribution in [0.4, 0.5) is 0 Å². The zero-order valence-electron chi connectivity index (χ0n) is 12.1. The number of hydrogen-bond donors (Lipinski definition) is 2. The van der Waals surface area contributed by atoms with E-state index < -0.39 is 0 Å². The molecule has 0 atom stereocenters. The molecule has 2 saturated carbocycles. The van der Waals surface area contributed by atoms with Crippen molar-refractivity contribution in [3.63, 3.8) is 0 Å². The molecule has 0 saturated heterocycles. The number of hydrogen-bond acceptors (Lipinski definition) is 3. The standard InChI is InChI=1S/C15H30N2O/c1-3-8-16-13-4-6-14(7-5-13)17(2)11-12-9-15(18)10-12/h12-16,18H,3-11H2,1-2H3. The number of nitrogens with zero attached hydrogens (tertiary/aromatic N) is 1. The summed E-state index contributed by atoms with van der Waals surface area (Å²) in [5.74, 6) is 0.751. The average molecular weight is 254 g/mol. The lowest BCUT2D eigenvalue weighted by atomic mass is 9.81. The molecule has 0 aromatic carbocycles. The molecule has 0 aromatic rings.